The molecular weight excluding hydrogens is 470 g/mol. The van der Waals surface area contributed by atoms with Crippen LogP contribution in [0.15, 0.2) is 29.3 Å². The number of pyridine rings is 1. The van der Waals surface area contributed by atoms with Crippen molar-refractivity contribution in [2.75, 3.05) is 50.8 Å². The van der Waals surface area contributed by atoms with E-state index in [-0.39, 0.29) is 42.0 Å². The van der Waals surface area contributed by atoms with Gasteiger partial charge in [-0.05, 0) is 45.7 Å². The maximum atomic E-state index is 13.5. The number of piperazine rings is 1. The third kappa shape index (κ3) is 5.06. The molecule has 0 unspecified atom stereocenters. The molecule has 2 aromatic heterocycles. The van der Waals surface area contributed by atoms with Crippen LogP contribution in [-0.2, 0) is 19.6 Å². The van der Waals surface area contributed by atoms with E-state index in [9.17, 15) is 18.0 Å². The summed E-state index contributed by atoms with van der Waals surface area (Å²) in [5.74, 6) is 0.142. The SMILES string of the molecule is CCOC(=O)c1c(C)[nH]c(C)c1S(=O)(=O)N1CCC(C(=O)N2CCN(c3ccccn3)CC2)CC1. The molecule has 2 saturated heterocycles. The lowest BCUT2D eigenvalue weighted by atomic mass is 9.96. The fourth-order valence-electron chi connectivity index (χ4n) is 4.96. The Morgan fingerprint density at radius 2 is 1.74 bits per heavy atom. The first-order valence-corrected chi connectivity index (χ1v) is 13.5. The zero-order chi connectivity index (χ0) is 25.2. The van der Waals surface area contributed by atoms with Crippen molar-refractivity contribution in [2.45, 2.75) is 38.5 Å². The van der Waals surface area contributed by atoms with Gasteiger partial charge in [0, 0.05) is 62.8 Å². The van der Waals surface area contributed by atoms with Gasteiger partial charge in [-0.15, -0.1) is 0 Å². The zero-order valence-electron chi connectivity index (χ0n) is 20.5. The number of ether oxygens (including phenoxy) is 1. The number of esters is 1. The molecule has 0 radical (unpaired) electrons. The highest BCUT2D eigenvalue weighted by atomic mass is 32.2. The van der Waals surface area contributed by atoms with E-state index in [1.54, 1.807) is 27.0 Å². The summed E-state index contributed by atoms with van der Waals surface area (Å²) in [6.45, 7) is 8.30. The standard InChI is InChI=1S/C24H33N5O5S/c1-4-34-24(31)21-17(2)26-18(3)22(21)35(32,33)29-11-8-19(9-12-29)23(30)28-15-13-27(14-16-28)20-7-5-6-10-25-20/h5-7,10,19,26H,4,8-9,11-16H2,1-3H3. The Morgan fingerprint density at radius 3 is 2.34 bits per heavy atom. The molecule has 4 heterocycles. The number of carbonyl (C=O) groups excluding carboxylic acids is 2. The minimum atomic E-state index is -3.92. The Kier molecular flexibility index (Phi) is 7.46. The van der Waals surface area contributed by atoms with Crippen LogP contribution in [0.3, 0.4) is 0 Å². The number of rotatable bonds is 6. The number of sulfonamides is 1. The lowest BCUT2D eigenvalue weighted by Gasteiger charge is -2.38. The highest BCUT2D eigenvalue weighted by Crippen LogP contribution is 2.31. The normalized spacial score (nSPS) is 18.0. The molecule has 0 bridgehead atoms. The van der Waals surface area contributed by atoms with Crippen LogP contribution in [0.25, 0.3) is 0 Å². The van der Waals surface area contributed by atoms with Crippen LogP contribution < -0.4 is 4.90 Å². The highest BCUT2D eigenvalue weighted by molar-refractivity contribution is 7.89. The number of aromatic amines is 1. The van der Waals surface area contributed by atoms with Gasteiger partial charge in [-0.25, -0.2) is 18.2 Å². The maximum Gasteiger partial charge on any atom is 0.341 e. The average Bonchev–Trinajstić information content (AvgIpc) is 3.18. The van der Waals surface area contributed by atoms with Gasteiger partial charge in [0.05, 0.1) is 6.61 Å². The van der Waals surface area contributed by atoms with Gasteiger partial charge in [0.25, 0.3) is 0 Å². The van der Waals surface area contributed by atoms with E-state index in [4.69, 9.17) is 4.74 Å². The smallest absolute Gasteiger partial charge is 0.341 e. The number of nitrogens with zero attached hydrogens (tertiary/aromatic N) is 4. The number of aryl methyl sites for hydroxylation is 2. The summed E-state index contributed by atoms with van der Waals surface area (Å²) < 4.78 is 33.5. The Hall–Kier alpha value is -2.92. The third-order valence-electron chi connectivity index (χ3n) is 6.76. The van der Waals surface area contributed by atoms with Gasteiger partial charge in [-0.2, -0.15) is 4.31 Å². The van der Waals surface area contributed by atoms with Gasteiger partial charge >= 0.3 is 5.97 Å². The van der Waals surface area contributed by atoms with Crippen molar-refractivity contribution in [1.29, 1.82) is 0 Å². The topological polar surface area (TPSA) is 116 Å². The van der Waals surface area contributed by atoms with E-state index >= 15 is 0 Å². The monoisotopic (exact) mass is 503 g/mol. The van der Waals surface area contributed by atoms with E-state index in [0.29, 0.717) is 37.3 Å². The molecule has 10 nitrogen and oxygen atoms in total. The molecule has 0 aromatic carbocycles. The number of anilines is 1. The van der Waals surface area contributed by atoms with Crippen molar-refractivity contribution >= 4 is 27.7 Å². The summed E-state index contributed by atoms with van der Waals surface area (Å²) >= 11 is 0. The average molecular weight is 504 g/mol. The van der Waals surface area contributed by atoms with Crippen molar-refractivity contribution in [3.05, 3.63) is 41.3 Å². The first kappa shape index (κ1) is 25.2. The van der Waals surface area contributed by atoms with Gasteiger partial charge in [0.1, 0.15) is 16.3 Å². The summed E-state index contributed by atoms with van der Waals surface area (Å²) in [5, 5.41) is 0. The summed E-state index contributed by atoms with van der Waals surface area (Å²) in [4.78, 5) is 37.0. The Balaban J connectivity index is 1.38. The number of aromatic nitrogens is 2. The van der Waals surface area contributed by atoms with Crippen LogP contribution in [-0.4, -0.2) is 85.3 Å². The zero-order valence-corrected chi connectivity index (χ0v) is 21.3. The van der Waals surface area contributed by atoms with Crippen LogP contribution in [0.4, 0.5) is 5.82 Å². The molecule has 190 valence electrons. The van der Waals surface area contributed by atoms with E-state index in [1.165, 1.54) is 4.31 Å². The number of nitrogens with one attached hydrogen (secondary N) is 1. The lowest BCUT2D eigenvalue weighted by molar-refractivity contribution is -0.137. The van der Waals surface area contributed by atoms with Crippen molar-refractivity contribution in [2.24, 2.45) is 5.92 Å². The molecule has 2 fully saturated rings. The van der Waals surface area contributed by atoms with E-state index < -0.39 is 16.0 Å². The van der Waals surface area contributed by atoms with Crippen LogP contribution in [0.5, 0.6) is 0 Å². The van der Waals surface area contributed by atoms with Crippen molar-refractivity contribution in [3.8, 4) is 0 Å². The third-order valence-corrected chi connectivity index (χ3v) is 8.83. The van der Waals surface area contributed by atoms with Crippen LogP contribution in [0, 0.1) is 19.8 Å². The molecule has 0 spiro atoms. The van der Waals surface area contributed by atoms with Crippen LogP contribution >= 0.6 is 0 Å². The summed E-state index contributed by atoms with van der Waals surface area (Å²) in [6, 6.07) is 5.80. The summed E-state index contributed by atoms with van der Waals surface area (Å²) in [7, 11) is -3.92. The molecule has 0 atom stereocenters. The number of hydrogen-bond donors (Lipinski definition) is 1. The highest BCUT2D eigenvalue weighted by Gasteiger charge is 2.38. The molecule has 2 aliphatic rings. The minimum Gasteiger partial charge on any atom is -0.462 e. The van der Waals surface area contributed by atoms with E-state index in [1.807, 2.05) is 23.1 Å². The van der Waals surface area contributed by atoms with Gasteiger partial charge in [0.15, 0.2) is 0 Å². The molecule has 2 aromatic rings. The molecule has 1 amide bonds. The quantitative estimate of drug-likeness (QED) is 0.599. The predicted molar refractivity (Wildman–Crippen MR) is 131 cm³/mol. The molecule has 1 N–H and O–H groups in total. The number of piperidine rings is 1. The summed E-state index contributed by atoms with van der Waals surface area (Å²) in [5.41, 5.74) is 0.942. The molecular formula is C24H33N5O5S. The van der Waals surface area contributed by atoms with Crippen LogP contribution in [0.1, 0.15) is 41.5 Å². The second kappa shape index (κ2) is 10.4. The predicted octanol–water partition coefficient (Wildman–Crippen LogP) is 1.95. The molecule has 35 heavy (non-hydrogen) atoms. The lowest BCUT2D eigenvalue weighted by Crippen LogP contribution is -2.52. The van der Waals surface area contributed by atoms with Crippen LogP contribution in [0.2, 0.25) is 0 Å². The first-order valence-electron chi connectivity index (χ1n) is 12.0. The number of amides is 1. The fraction of sp³-hybridized carbons (Fsp3) is 0.542. The van der Waals surface area contributed by atoms with E-state index in [0.717, 1.165) is 18.9 Å². The van der Waals surface area contributed by atoms with Gasteiger partial charge < -0.3 is 19.5 Å². The maximum absolute atomic E-state index is 13.5. The first-order chi connectivity index (χ1) is 16.7. The van der Waals surface area contributed by atoms with Crippen molar-refractivity contribution < 1.29 is 22.7 Å². The Labute approximate surface area is 206 Å². The van der Waals surface area contributed by atoms with E-state index in [2.05, 4.69) is 14.9 Å². The fourth-order valence-corrected chi connectivity index (χ4v) is 6.84. The second-order valence-corrected chi connectivity index (χ2v) is 10.9. The number of H-pyrrole nitrogens is 1. The Morgan fingerprint density at radius 1 is 1.06 bits per heavy atom. The van der Waals surface area contributed by atoms with Gasteiger partial charge in [-0.1, -0.05) is 6.07 Å². The molecule has 0 saturated carbocycles. The molecule has 4 rings (SSSR count). The van der Waals surface area contributed by atoms with Gasteiger partial charge in [-0.3, -0.25) is 4.79 Å². The molecule has 2 aliphatic heterocycles. The largest absolute Gasteiger partial charge is 0.462 e. The molecule has 0 aliphatic carbocycles. The number of hydrogen-bond acceptors (Lipinski definition) is 7. The second-order valence-electron chi connectivity index (χ2n) is 8.98. The Bertz CT molecular complexity index is 1160. The van der Waals surface area contributed by atoms with Gasteiger partial charge in [0.2, 0.25) is 15.9 Å². The van der Waals surface area contributed by atoms with Crippen molar-refractivity contribution in [1.82, 2.24) is 19.2 Å². The summed E-state index contributed by atoms with van der Waals surface area (Å²) in [6.07, 6.45) is 2.67. The minimum absolute atomic E-state index is 0.0242. The molecule has 11 heteroatoms. The number of carbonyl (C=O) groups is 2. The van der Waals surface area contributed by atoms with Crippen molar-refractivity contribution in [3.63, 3.8) is 0 Å².